The van der Waals surface area contributed by atoms with Crippen LogP contribution in [0.2, 0.25) is 0 Å². The van der Waals surface area contributed by atoms with Crippen LogP contribution in [0.1, 0.15) is 44.4 Å². The van der Waals surface area contributed by atoms with Gasteiger partial charge in [-0.15, -0.1) is 0 Å². The van der Waals surface area contributed by atoms with Crippen molar-refractivity contribution in [2.24, 2.45) is 5.92 Å². The molecule has 8 nitrogen and oxygen atoms in total. The minimum absolute atomic E-state index is 0.106. The van der Waals surface area contributed by atoms with Crippen LogP contribution in [-0.2, 0) is 23.7 Å². The van der Waals surface area contributed by atoms with E-state index in [2.05, 4.69) is 0 Å². The van der Waals surface area contributed by atoms with Gasteiger partial charge in [0, 0.05) is 13.0 Å². The lowest BCUT2D eigenvalue weighted by Gasteiger charge is -2.44. The van der Waals surface area contributed by atoms with E-state index < -0.39 is 48.4 Å². The van der Waals surface area contributed by atoms with Crippen molar-refractivity contribution < 1.29 is 38.1 Å². The standard InChI is InChI=1S/C30H30O8/c1-3-23-24(19-35-27(31)20-13-7-4-8-14-20)36-30(34-2)26(38-29(33)22-17-11-6-12-18-22)25(23)37-28(32)21-15-9-5-10-16-21/h4-18,23-26,30H,3,19H2,1-2H3. The number of hydrogen-bond acceptors (Lipinski definition) is 8. The third kappa shape index (κ3) is 6.45. The summed E-state index contributed by atoms with van der Waals surface area (Å²) in [7, 11) is 1.41. The Morgan fingerprint density at radius 1 is 0.684 bits per heavy atom. The normalized spacial score (nSPS) is 22.7. The molecule has 0 N–H and O–H groups in total. The van der Waals surface area contributed by atoms with Gasteiger partial charge in [0.1, 0.15) is 18.8 Å². The van der Waals surface area contributed by atoms with Gasteiger partial charge in [-0.1, -0.05) is 61.5 Å². The van der Waals surface area contributed by atoms with Crippen LogP contribution in [0.3, 0.4) is 0 Å². The van der Waals surface area contributed by atoms with E-state index in [-0.39, 0.29) is 6.61 Å². The van der Waals surface area contributed by atoms with E-state index in [1.807, 2.05) is 6.92 Å². The first-order valence-electron chi connectivity index (χ1n) is 12.4. The fourth-order valence-corrected chi connectivity index (χ4v) is 4.43. The molecular formula is C30H30O8. The number of rotatable bonds is 9. The van der Waals surface area contributed by atoms with Gasteiger partial charge in [0.2, 0.25) is 0 Å². The summed E-state index contributed by atoms with van der Waals surface area (Å²) in [6.07, 6.45) is -3.26. The van der Waals surface area contributed by atoms with E-state index in [1.165, 1.54) is 7.11 Å². The second-order valence-electron chi connectivity index (χ2n) is 8.79. The van der Waals surface area contributed by atoms with Gasteiger partial charge in [-0.3, -0.25) is 0 Å². The monoisotopic (exact) mass is 518 g/mol. The molecule has 1 saturated heterocycles. The van der Waals surface area contributed by atoms with E-state index in [0.29, 0.717) is 23.1 Å². The first kappa shape index (κ1) is 27.0. The van der Waals surface area contributed by atoms with Gasteiger partial charge < -0.3 is 23.7 Å². The van der Waals surface area contributed by atoms with Crippen molar-refractivity contribution in [3.05, 3.63) is 108 Å². The quantitative estimate of drug-likeness (QED) is 0.297. The van der Waals surface area contributed by atoms with Crippen molar-refractivity contribution >= 4 is 17.9 Å². The molecule has 0 spiro atoms. The Bertz CT molecular complexity index is 1200. The van der Waals surface area contributed by atoms with E-state index in [4.69, 9.17) is 23.7 Å². The zero-order valence-electron chi connectivity index (χ0n) is 21.2. The molecule has 1 heterocycles. The van der Waals surface area contributed by atoms with Crippen molar-refractivity contribution in [1.82, 2.24) is 0 Å². The highest BCUT2D eigenvalue weighted by Crippen LogP contribution is 2.34. The number of carbonyl (C=O) groups excluding carboxylic acids is 3. The SMILES string of the molecule is CCC1C(COC(=O)c2ccccc2)OC(OC)C(OC(=O)c2ccccc2)C1OC(=O)c1ccccc1. The number of benzene rings is 3. The van der Waals surface area contributed by atoms with Gasteiger partial charge in [0.15, 0.2) is 12.4 Å². The first-order valence-corrected chi connectivity index (χ1v) is 12.4. The molecule has 1 fully saturated rings. The Hall–Kier alpha value is -4.01. The molecule has 0 radical (unpaired) electrons. The molecule has 0 amide bonds. The van der Waals surface area contributed by atoms with E-state index in [0.717, 1.165) is 0 Å². The summed E-state index contributed by atoms with van der Waals surface area (Å²) in [5.74, 6) is -2.16. The fraction of sp³-hybridized carbons (Fsp3) is 0.300. The van der Waals surface area contributed by atoms with E-state index >= 15 is 0 Å². The van der Waals surface area contributed by atoms with E-state index in [9.17, 15) is 14.4 Å². The van der Waals surface area contributed by atoms with Crippen LogP contribution in [0.4, 0.5) is 0 Å². The molecule has 0 bridgehead atoms. The molecule has 4 rings (SSSR count). The molecule has 3 aromatic carbocycles. The Morgan fingerprint density at radius 2 is 1.13 bits per heavy atom. The Kier molecular flexibility index (Phi) is 9.24. The first-order chi connectivity index (χ1) is 18.5. The molecule has 0 saturated carbocycles. The molecule has 38 heavy (non-hydrogen) atoms. The molecule has 0 aliphatic carbocycles. The van der Waals surface area contributed by atoms with Gasteiger partial charge in [0.25, 0.3) is 0 Å². The fourth-order valence-electron chi connectivity index (χ4n) is 4.43. The van der Waals surface area contributed by atoms with Crippen LogP contribution in [0.5, 0.6) is 0 Å². The third-order valence-corrected chi connectivity index (χ3v) is 6.40. The second-order valence-corrected chi connectivity index (χ2v) is 8.79. The lowest BCUT2D eigenvalue weighted by atomic mass is 9.86. The highest BCUT2D eigenvalue weighted by Gasteiger charge is 2.50. The molecular weight excluding hydrogens is 488 g/mol. The summed E-state index contributed by atoms with van der Waals surface area (Å²) >= 11 is 0. The zero-order chi connectivity index (χ0) is 26.9. The van der Waals surface area contributed by atoms with Crippen molar-refractivity contribution in [1.29, 1.82) is 0 Å². The number of hydrogen-bond donors (Lipinski definition) is 0. The van der Waals surface area contributed by atoms with Crippen molar-refractivity contribution in [3.8, 4) is 0 Å². The number of ether oxygens (including phenoxy) is 5. The maximum atomic E-state index is 13.1. The number of carbonyl (C=O) groups is 3. The van der Waals surface area contributed by atoms with Crippen LogP contribution >= 0.6 is 0 Å². The van der Waals surface area contributed by atoms with Crippen LogP contribution in [-0.4, -0.2) is 56.2 Å². The number of esters is 3. The second kappa shape index (κ2) is 13.0. The van der Waals surface area contributed by atoms with Crippen LogP contribution in [0, 0.1) is 5.92 Å². The smallest absolute Gasteiger partial charge is 0.338 e. The molecule has 1 aliphatic rings. The van der Waals surface area contributed by atoms with Gasteiger partial charge in [-0.2, -0.15) is 0 Å². The van der Waals surface area contributed by atoms with Crippen LogP contribution < -0.4 is 0 Å². The van der Waals surface area contributed by atoms with Crippen LogP contribution in [0.15, 0.2) is 91.0 Å². The van der Waals surface area contributed by atoms with Crippen LogP contribution in [0.25, 0.3) is 0 Å². The summed E-state index contributed by atoms with van der Waals surface area (Å²) < 4.78 is 29.0. The summed E-state index contributed by atoms with van der Waals surface area (Å²) in [6, 6.07) is 25.6. The zero-order valence-corrected chi connectivity index (χ0v) is 21.2. The Morgan fingerprint density at radius 3 is 1.58 bits per heavy atom. The van der Waals surface area contributed by atoms with Gasteiger partial charge >= 0.3 is 17.9 Å². The highest BCUT2D eigenvalue weighted by atomic mass is 16.7. The molecule has 1 aliphatic heterocycles. The summed E-state index contributed by atoms with van der Waals surface area (Å²) in [6.45, 7) is 1.79. The predicted molar refractivity (Wildman–Crippen MR) is 137 cm³/mol. The van der Waals surface area contributed by atoms with Gasteiger partial charge in [0.05, 0.1) is 16.7 Å². The molecule has 8 heteroatoms. The van der Waals surface area contributed by atoms with Gasteiger partial charge in [-0.05, 0) is 42.8 Å². The maximum absolute atomic E-state index is 13.1. The van der Waals surface area contributed by atoms with Crippen molar-refractivity contribution in [2.45, 2.75) is 37.9 Å². The highest BCUT2D eigenvalue weighted by molar-refractivity contribution is 5.90. The molecule has 5 atom stereocenters. The lowest BCUT2D eigenvalue weighted by molar-refractivity contribution is -0.281. The molecule has 3 aromatic rings. The predicted octanol–water partition coefficient (Wildman–Crippen LogP) is 4.69. The van der Waals surface area contributed by atoms with Crippen molar-refractivity contribution in [2.75, 3.05) is 13.7 Å². The topological polar surface area (TPSA) is 97.4 Å². The summed E-state index contributed by atoms with van der Waals surface area (Å²) in [5.41, 5.74) is 1.09. The lowest BCUT2D eigenvalue weighted by Crippen LogP contribution is -2.59. The largest absolute Gasteiger partial charge is 0.459 e. The number of methoxy groups -OCH3 is 1. The summed E-state index contributed by atoms with van der Waals surface area (Å²) in [5, 5.41) is 0. The van der Waals surface area contributed by atoms with Crippen molar-refractivity contribution in [3.63, 3.8) is 0 Å². The van der Waals surface area contributed by atoms with Gasteiger partial charge in [-0.25, -0.2) is 14.4 Å². The minimum Gasteiger partial charge on any atom is -0.459 e. The maximum Gasteiger partial charge on any atom is 0.338 e. The molecule has 198 valence electrons. The third-order valence-electron chi connectivity index (χ3n) is 6.40. The Labute approximate surface area is 221 Å². The summed E-state index contributed by atoms with van der Waals surface area (Å²) in [4.78, 5) is 38.7. The molecule has 0 aromatic heterocycles. The molecule has 5 unspecified atom stereocenters. The minimum atomic E-state index is -1.07. The van der Waals surface area contributed by atoms with E-state index in [1.54, 1.807) is 91.0 Å². The average molecular weight is 519 g/mol. The Balaban J connectivity index is 1.59. The average Bonchev–Trinajstić information content (AvgIpc) is 2.97.